The van der Waals surface area contributed by atoms with Gasteiger partial charge < -0.3 is 5.32 Å². The summed E-state index contributed by atoms with van der Waals surface area (Å²) in [4.78, 5) is 23.7. The quantitative estimate of drug-likeness (QED) is 0.659. The molecule has 3 heterocycles. The summed E-state index contributed by atoms with van der Waals surface area (Å²) in [6.45, 7) is 2.58. The lowest BCUT2D eigenvalue weighted by Crippen LogP contribution is -2.37. The number of rotatable bonds is 5. The van der Waals surface area contributed by atoms with Crippen LogP contribution in [0.15, 0.2) is 54.0 Å². The fraction of sp³-hybridized carbons (Fsp3) is 0.286. The van der Waals surface area contributed by atoms with E-state index in [4.69, 9.17) is 16.6 Å². The Morgan fingerprint density at radius 1 is 1.18 bits per heavy atom. The molecule has 0 atom stereocenters. The van der Waals surface area contributed by atoms with Gasteiger partial charge in [0.05, 0.1) is 10.7 Å². The molecule has 0 saturated carbocycles. The zero-order chi connectivity index (χ0) is 19.3. The lowest BCUT2D eigenvalue weighted by Gasteiger charge is -2.30. The van der Waals surface area contributed by atoms with Gasteiger partial charge >= 0.3 is 0 Å². The average molecular weight is 413 g/mol. The van der Waals surface area contributed by atoms with E-state index in [-0.39, 0.29) is 11.8 Å². The third-order valence-electron chi connectivity index (χ3n) is 4.92. The molecule has 0 bridgehead atoms. The number of hydrogen-bond donors (Lipinski definition) is 1. The van der Waals surface area contributed by atoms with Crippen LogP contribution in [0.25, 0.3) is 10.6 Å². The lowest BCUT2D eigenvalue weighted by atomic mass is 9.96. The van der Waals surface area contributed by atoms with Crippen molar-refractivity contribution >= 4 is 34.7 Å². The Morgan fingerprint density at radius 3 is 2.71 bits per heavy atom. The summed E-state index contributed by atoms with van der Waals surface area (Å²) in [5.74, 6) is 0.713. The molecule has 0 aliphatic carbocycles. The second kappa shape index (κ2) is 8.82. The van der Waals surface area contributed by atoms with Crippen molar-refractivity contribution in [1.29, 1.82) is 0 Å². The minimum absolute atomic E-state index is 0.0346. The highest BCUT2D eigenvalue weighted by Crippen LogP contribution is 2.30. The van der Waals surface area contributed by atoms with E-state index in [0.717, 1.165) is 53.8 Å². The van der Waals surface area contributed by atoms with Crippen LogP contribution in [0.5, 0.6) is 0 Å². The number of halogens is 1. The molecule has 4 rings (SSSR count). The Hall–Kier alpha value is -2.28. The van der Waals surface area contributed by atoms with Gasteiger partial charge in [-0.3, -0.25) is 9.69 Å². The number of likely N-dealkylation sites (tertiary alicyclic amines) is 1. The normalized spacial score (nSPS) is 15.5. The van der Waals surface area contributed by atoms with Crippen molar-refractivity contribution < 1.29 is 4.79 Å². The third-order valence-corrected chi connectivity index (χ3v) is 6.17. The van der Waals surface area contributed by atoms with E-state index in [1.165, 1.54) is 0 Å². The standard InChI is InChI=1S/C21H21ClN4OS/c22-18-6-2-1-5-17(18)21-24-16(14-28-21)13-26-11-8-15(9-12-26)20(27)25-19-7-3-4-10-23-19/h1-7,10,14-15H,8-9,11-13H2,(H,23,25,27). The number of amides is 1. The second-order valence-corrected chi connectivity index (χ2v) is 8.14. The molecule has 1 N–H and O–H groups in total. The van der Waals surface area contributed by atoms with Gasteiger partial charge in [-0.2, -0.15) is 0 Å². The zero-order valence-electron chi connectivity index (χ0n) is 15.3. The summed E-state index contributed by atoms with van der Waals surface area (Å²) in [6, 6.07) is 13.3. The van der Waals surface area contributed by atoms with Gasteiger partial charge in [-0.05, 0) is 44.1 Å². The van der Waals surface area contributed by atoms with Gasteiger partial charge in [0.1, 0.15) is 10.8 Å². The number of carbonyl (C=O) groups is 1. The minimum Gasteiger partial charge on any atom is -0.310 e. The Kier molecular flexibility index (Phi) is 6.00. The predicted molar refractivity (Wildman–Crippen MR) is 113 cm³/mol. The monoisotopic (exact) mass is 412 g/mol. The molecule has 1 fully saturated rings. The lowest BCUT2D eigenvalue weighted by molar-refractivity contribution is -0.121. The van der Waals surface area contributed by atoms with Crippen molar-refractivity contribution in [3.05, 3.63) is 64.8 Å². The molecular formula is C21H21ClN4OS. The molecule has 0 radical (unpaired) electrons. The molecule has 0 spiro atoms. The number of nitrogens with one attached hydrogen (secondary N) is 1. The van der Waals surface area contributed by atoms with E-state index in [1.54, 1.807) is 17.5 Å². The van der Waals surface area contributed by atoms with E-state index in [1.807, 2.05) is 42.5 Å². The highest BCUT2D eigenvalue weighted by atomic mass is 35.5. The number of anilines is 1. The van der Waals surface area contributed by atoms with Gasteiger partial charge in [0.2, 0.25) is 5.91 Å². The Morgan fingerprint density at radius 2 is 1.96 bits per heavy atom. The highest BCUT2D eigenvalue weighted by molar-refractivity contribution is 7.13. The number of pyridine rings is 1. The van der Waals surface area contributed by atoms with Crippen molar-refractivity contribution in [2.75, 3.05) is 18.4 Å². The fourth-order valence-electron chi connectivity index (χ4n) is 3.39. The maximum Gasteiger partial charge on any atom is 0.228 e. The molecule has 7 heteroatoms. The van der Waals surface area contributed by atoms with Gasteiger partial charge in [0.25, 0.3) is 0 Å². The van der Waals surface area contributed by atoms with Crippen molar-refractivity contribution in [3.8, 4) is 10.6 Å². The average Bonchev–Trinajstić information content (AvgIpc) is 3.18. The number of thiazole rings is 1. The molecule has 5 nitrogen and oxygen atoms in total. The first-order chi connectivity index (χ1) is 13.7. The molecule has 2 aromatic heterocycles. The second-order valence-electron chi connectivity index (χ2n) is 6.88. The fourth-order valence-corrected chi connectivity index (χ4v) is 4.52. The summed E-state index contributed by atoms with van der Waals surface area (Å²) in [5, 5.41) is 6.68. The molecular weight excluding hydrogens is 392 g/mol. The Labute approximate surface area is 173 Å². The summed E-state index contributed by atoms with van der Waals surface area (Å²) in [6.07, 6.45) is 3.38. The SMILES string of the molecule is O=C(Nc1ccccn1)C1CCN(Cc2csc(-c3ccccc3Cl)n2)CC1. The van der Waals surface area contributed by atoms with Crippen LogP contribution >= 0.6 is 22.9 Å². The summed E-state index contributed by atoms with van der Waals surface area (Å²) in [7, 11) is 0. The first-order valence-electron chi connectivity index (χ1n) is 9.32. The molecule has 28 heavy (non-hydrogen) atoms. The maximum atomic E-state index is 12.4. The number of hydrogen-bond acceptors (Lipinski definition) is 5. The van der Waals surface area contributed by atoms with Crippen molar-refractivity contribution in [1.82, 2.24) is 14.9 Å². The summed E-state index contributed by atoms with van der Waals surface area (Å²) in [5.41, 5.74) is 2.03. The molecule has 144 valence electrons. The van der Waals surface area contributed by atoms with Crippen LogP contribution in [0, 0.1) is 5.92 Å². The molecule has 1 amide bonds. The van der Waals surface area contributed by atoms with E-state index in [0.29, 0.717) is 5.82 Å². The number of nitrogens with zero attached hydrogens (tertiary/aromatic N) is 3. The summed E-state index contributed by atoms with van der Waals surface area (Å²) < 4.78 is 0. The molecule has 0 unspecified atom stereocenters. The van der Waals surface area contributed by atoms with Crippen molar-refractivity contribution in [2.24, 2.45) is 5.92 Å². The third kappa shape index (κ3) is 4.58. The number of piperidine rings is 1. The van der Waals surface area contributed by atoms with Crippen LogP contribution in [0.2, 0.25) is 5.02 Å². The van der Waals surface area contributed by atoms with Crippen molar-refractivity contribution in [2.45, 2.75) is 19.4 Å². The maximum absolute atomic E-state index is 12.4. The Balaban J connectivity index is 1.30. The Bertz CT molecular complexity index is 938. The van der Waals surface area contributed by atoms with Crippen LogP contribution in [-0.2, 0) is 11.3 Å². The van der Waals surface area contributed by atoms with E-state index in [9.17, 15) is 4.79 Å². The number of aromatic nitrogens is 2. The zero-order valence-corrected chi connectivity index (χ0v) is 16.9. The number of benzene rings is 1. The van der Waals surface area contributed by atoms with Gasteiger partial charge in [-0.1, -0.05) is 35.9 Å². The van der Waals surface area contributed by atoms with E-state index in [2.05, 4.69) is 20.6 Å². The van der Waals surface area contributed by atoms with E-state index >= 15 is 0 Å². The van der Waals surface area contributed by atoms with Gasteiger partial charge in [-0.25, -0.2) is 9.97 Å². The van der Waals surface area contributed by atoms with Crippen LogP contribution in [0.4, 0.5) is 5.82 Å². The summed E-state index contributed by atoms with van der Waals surface area (Å²) >= 11 is 7.90. The minimum atomic E-state index is 0.0346. The number of carbonyl (C=O) groups excluding carboxylic acids is 1. The first kappa shape index (κ1) is 19.1. The van der Waals surface area contributed by atoms with Gasteiger partial charge in [0.15, 0.2) is 0 Å². The molecule has 1 saturated heterocycles. The predicted octanol–water partition coefficient (Wildman–Crippen LogP) is 4.71. The topological polar surface area (TPSA) is 58.1 Å². The molecule has 1 aliphatic rings. The highest BCUT2D eigenvalue weighted by Gasteiger charge is 2.25. The van der Waals surface area contributed by atoms with E-state index < -0.39 is 0 Å². The van der Waals surface area contributed by atoms with Gasteiger partial charge in [-0.15, -0.1) is 11.3 Å². The smallest absolute Gasteiger partial charge is 0.228 e. The molecule has 3 aromatic rings. The largest absolute Gasteiger partial charge is 0.310 e. The van der Waals surface area contributed by atoms with Gasteiger partial charge in [0, 0.05) is 29.6 Å². The first-order valence-corrected chi connectivity index (χ1v) is 10.6. The van der Waals surface area contributed by atoms with Crippen LogP contribution in [-0.4, -0.2) is 33.9 Å². The van der Waals surface area contributed by atoms with Crippen LogP contribution in [0.1, 0.15) is 18.5 Å². The molecule has 1 aliphatic heterocycles. The molecule has 1 aromatic carbocycles. The van der Waals surface area contributed by atoms with Crippen molar-refractivity contribution in [3.63, 3.8) is 0 Å². The van der Waals surface area contributed by atoms with Crippen LogP contribution < -0.4 is 5.32 Å². The van der Waals surface area contributed by atoms with Crippen LogP contribution in [0.3, 0.4) is 0 Å².